The molecule has 3 rings (SSSR count). The van der Waals surface area contributed by atoms with E-state index in [9.17, 15) is 4.79 Å². The average molecular weight is 285 g/mol. The molecule has 1 saturated heterocycles. The van der Waals surface area contributed by atoms with Crippen LogP contribution in [0.25, 0.3) is 10.9 Å². The van der Waals surface area contributed by atoms with Crippen molar-refractivity contribution < 1.29 is 9.53 Å². The molecule has 1 amide bonds. The van der Waals surface area contributed by atoms with Gasteiger partial charge >= 0.3 is 0 Å². The number of amides is 1. The first-order valence-corrected chi connectivity index (χ1v) is 7.21. The Morgan fingerprint density at radius 2 is 2.14 bits per heavy atom. The van der Waals surface area contributed by atoms with E-state index in [0.29, 0.717) is 5.75 Å². The third kappa shape index (κ3) is 3.13. The number of ether oxygens (including phenoxy) is 1. The minimum absolute atomic E-state index is 0.0357. The molecule has 0 bridgehead atoms. The van der Waals surface area contributed by atoms with Gasteiger partial charge in [-0.2, -0.15) is 0 Å². The summed E-state index contributed by atoms with van der Waals surface area (Å²) in [6.07, 6.45) is 1.71. The number of hydrogen-bond donors (Lipinski definition) is 1. The SMILES string of the molecule is Cc1ccc2c(OCC(=O)N3CCNCC3)ccnc2c1. The molecule has 5 heteroatoms. The number of pyridine rings is 1. The van der Waals surface area contributed by atoms with Crippen LogP contribution in [-0.2, 0) is 4.79 Å². The summed E-state index contributed by atoms with van der Waals surface area (Å²) < 4.78 is 5.72. The number of aromatic nitrogens is 1. The van der Waals surface area contributed by atoms with Gasteiger partial charge in [-0.15, -0.1) is 0 Å². The fraction of sp³-hybridized carbons (Fsp3) is 0.375. The predicted octanol–water partition coefficient (Wildman–Crippen LogP) is 1.35. The first kappa shape index (κ1) is 13.8. The molecule has 2 aromatic rings. The highest BCUT2D eigenvalue weighted by atomic mass is 16.5. The minimum atomic E-state index is 0.0357. The van der Waals surface area contributed by atoms with Crippen molar-refractivity contribution in [2.75, 3.05) is 32.8 Å². The molecule has 2 heterocycles. The van der Waals surface area contributed by atoms with Gasteiger partial charge in [0.05, 0.1) is 5.52 Å². The highest BCUT2D eigenvalue weighted by Gasteiger charge is 2.16. The van der Waals surface area contributed by atoms with Crippen molar-refractivity contribution in [2.24, 2.45) is 0 Å². The van der Waals surface area contributed by atoms with Crippen LogP contribution in [-0.4, -0.2) is 48.6 Å². The van der Waals surface area contributed by atoms with E-state index < -0.39 is 0 Å². The summed E-state index contributed by atoms with van der Waals surface area (Å²) in [6.45, 7) is 5.30. The van der Waals surface area contributed by atoms with E-state index >= 15 is 0 Å². The summed E-state index contributed by atoms with van der Waals surface area (Å²) in [5, 5.41) is 4.17. The molecule has 1 fully saturated rings. The van der Waals surface area contributed by atoms with Crippen molar-refractivity contribution in [1.82, 2.24) is 15.2 Å². The largest absolute Gasteiger partial charge is 0.483 e. The van der Waals surface area contributed by atoms with Crippen LogP contribution in [0.3, 0.4) is 0 Å². The molecule has 1 N–H and O–H groups in total. The lowest BCUT2D eigenvalue weighted by Gasteiger charge is -2.27. The standard InChI is InChI=1S/C16H19N3O2/c1-12-2-3-13-14(10-12)18-5-4-15(13)21-11-16(20)19-8-6-17-7-9-19/h2-5,10,17H,6-9,11H2,1H3. The Balaban J connectivity index is 1.71. The van der Waals surface area contributed by atoms with Crippen molar-refractivity contribution in [1.29, 1.82) is 0 Å². The fourth-order valence-electron chi connectivity index (χ4n) is 2.50. The molecule has 110 valence electrons. The van der Waals surface area contributed by atoms with E-state index in [1.54, 1.807) is 6.20 Å². The van der Waals surface area contributed by atoms with Crippen LogP contribution >= 0.6 is 0 Å². The number of hydrogen-bond acceptors (Lipinski definition) is 4. The van der Waals surface area contributed by atoms with E-state index in [1.807, 2.05) is 36.1 Å². The molecule has 1 aliphatic rings. The van der Waals surface area contributed by atoms with Gasteiger partial charge in [-0.3, -0.25) is 9.78 Å². The third-order valence-electron chi connectivity index (χ3n) is 3.68. The van der Waals surface area contributed by atoms with Gasteiger partial charge in [0.15, 0.2) is 6.61 Å². The molecule has 0 radical (unpaired) electrons. The number of nitrogens with one attached hydrogen (secondary N) is 1. The van der Waals surface area contributed by atoms with Crippen LogP contribution in [0.4, 0.5) is 0 Å². The van der Waals surface area contributed by atoms with Gasteiger partial charge in [0, 0.05) is 37.8 Å². The number of aryl methyl sites for hydroxylation is 1. The van der Waals surface area contributed by atoms with Crippen LogP contribution in [0.1, 0.15) is 5.56 Å². The Bertz CT molecular complexity index is 651. The molecule has 0 saturated carbocycles. The van der Waals surface area contributed by atoms with Gasteiger partial charge in [-0.25, -0.2) is 0 Å². The summed E-state index contributed by atoms with van der Waals surface area (Å²) in [6, 6.07) is 7.83. The van der Waals surface area contributed by atoms with E-state index in [-0.39, 0.29) is 12.5 Å². The Morgan fingerprint density at radius 3 is 2.95 bits per heavy atom. The van der Waals surface area contributed by atoms with Gasteiger partial charge in [0.1, 0.15) is 5.75 Å². The first-order chi connectivity index (χ1) is 10.2. The quantitative estimate of drug-likeness (QED) is 0.925. The summed E-state index contributed by atoms with van der Waals surface area (Å²) in [7, 11) is 0. The number of nitrogens with zero attached hydrogens (tertiary/aromatic N) is 2. The maximum atomic E-state index is 12.1. The van der Waals surface area contributed by atoms with Crippen LogP contribution in [0, 0.1) is 6.92 Å². The van der Waals surface area contributed by atoms with Crippen LogP contribution < -0.4 is 10.1 Å². The van der Waals surface area contributed by atoms with Crippen LogP contribution in [0.15, 0.2) is 30.5 Å². The summed E-state index contributed by atoms with van der Waals surface area (Å²) in [5.74, 6) is 0.747. The zero-order valence-electron chi connectivity index (χ0n) is 12.1. The molecule has 1 aromatic carbocycles. The molecular formula is C16H19N3O2. The lowest BCUT2D eigenvalue weighted by molar-refractivity contribution is -0.133. The van der Waals surface area contributed by atoms with Crippen molar-refractivity contribution >= 4 is 16.8 Å². The second kappa shape index (κ2) is 6.10. The van der Waals surface area contributed by atoms with E-state index in [2.05, 4.69) is 10.3 Å². The first-order valence-electron chi connectivity index (χ1n) is 7.21. The van der Waals surface area contributed by atoms with Crippen molar-refractivity contribution in [2.45, 2.75) is 6.92 Å². The molecule has 0 unspecified atom stereocenters. The van der Waals surface area contributed by atoms with Crippen molar-refractivity contribution in [3.63, 3.8) is 0 Å². The van der Waals surface area contributed by atoms with Gasteiger partial charge in [-0.1, -0.05) is 6.07 Å². The number of piperazine rings is 1. The summed E-state index contributed by atoms with van der Waals surface area (Å²) >= 11 is 0. The number of carbonyl (C=O) groups is 1. The Kier molecular flexibility index (Phi) is 4.01. The van der Waals surface area contributed by atoms with E-state index in [0.717, 1.165) is 42.6 Å². The minimum Gasteiger partial charge on any atom is -0.483 e. The maximum absolute atomic E-state index is 12.1. The van der Waals surface area contributed by atoms with E-state index in [1.165, 1.54) is 0 Å². The monoisotopic (exact) mass is 285 g/mol. The molecule has 0 atom stereocenters. The fourth-order valence-corrected chi connectivity index (χ4v) is 2.50. The van der Waals surface area contributed by atoms with E-state index in [4.69, 9.17) is 4.74 Å². The van der Waals surface area contributed by atoms with Gasteiger partial charge in [-0.05, 0) is 30.7 Å². The molecule has 21 heavy (non-hydrogen) atoms. The second-order valence-electron chi connectivity index (χ2n) is 5.25. The number of benzene rings is 1. The normalized spacial score (nSPS) is 15.2. The summed E-state index contributed by atoms with van der Waals surface area (Å²) in [4.78, 5) is 18.3. The van der Waals surface area contributed by atoms with Crippen LogP contribution in [0.5, 0.6) is 5.75 Å². The molecular weight excluding hydrogens is 266 g/mol. The number of rotatable bonds is 3. The van der Waals surface area contributed by atoms with Crippen molar-refractivity contribution in [3.8, 4) is 5.75 Å². The predicted molar refractivity (Wildman–Crippen MR) is 81.4 cm³/mol. The highest BCUT2D eigenvalue weighted by Crippen LogP contribution is 2.24. The third-order valence-corrected chi connectivity index (χ3v) is 3.68. The topological polar surface area (TPSA) is 54.5 Å². The Labute approximate surface area is 123 Å². The lowest BCUT2D eigenvalue weighted by Crippen LogP contribution is -2.47. The lowest BCUT2D eigenvalue weighted by atomic mass is 10.1. The molecule has 1 aromatic heterocycles. The molecule has 0 spiro atoms. The zero-order valence-corrected chi connectivity index (χ0v) is 12.1. The maximum Gasteiger partial charge on any atom is 0.260 e. The summed E-state index contributed by atoms with van der Waals surface area (Å²) in [5.41, 5.74) is 2.05. The molecule has 0 aliphatic carbocycles. The Hall–Kier alpha value is -2.14. The highest BCUT2D eigenvalue weighted by molar-refractivity contribution is 5.86. The van der Waals surface area contributed by atoms with Gasteiger partial charge in [0.25, 0.3) is 5.91 Å². The molecule has 1 aliphatic heterocycles. The smallest absolute Gasteiger partial charge is 0.260 e. The number of carbonyl (C=O) groups excluding carboxylic acids is 1. The average Bonchev–Trinajstić information content (AvgIpc) is 2.53. The second-order valence-corrected chi connectivity index (χ2v) is 5.25. The van der Waals surface area contributed by atoms with Gasteiger partial charge < -0.3 is 15.0 Å². The number of fused-ring (bicyclic) bond motifs is 1. The Morgan fingerprint density at radius 1 is 1.33 bits per heavy atom. The van der Waals surface area contributed by atoms with Crippen LogP contribution in [0.2, 0.25) is 0 Å². The van der Waals surface area contributed by atoms with Gasteiger partial charge in [0.2, 0.25) is 0 Å². The zero-order chi connectivity index (χ0) is 14.7. The van der Waals surface area contributed by atoms with Crippen molar-refractivity contribution in [3.05, 3.63) is 36.0 Å². The molecule has 5 nitrogen and oxygen atoms in total.